The lowest BCUT2D eigenvalue weighted by Gasteiger charge is -2.33. The van der Waals surface area contributed by atoms with Gasteiger partial charge in [0, 0.05) is 36.6 Å². The van der Waals surface area contributed by atoms with Gasteiger partial charge in [-0.2, -0.15) is 0 Å². The summed E-state index contributed by atoms with van der Waals surface area (Å²) in [6.45, 7) is 5.26. The molecule has 0 bridgehead atoms. The van der Waals surface area contributed by atoms with Gasteiger partial charge in [0.1, 0.15) is 0 Å². The smallest absolute Gasteiger partial charge is 0.269 e. The number of carbonyl (C=O) groups is 1. The van der Waals surface area contributed by atoms with E-state index in [0.717, 1.165) is 37.2 Å². The third kappa shape index (κ3) is 2.37. The summed E-state index contributed by atoms with van der Waals surface area (Å²) in [6.07, 6.45) is 2.45. The van der Waals surface area contributed by atoms with Crippen LogP contribution in [0, 0.1) is 15.5 Å². The quantitative estimate of drug-likeness (QED) is 0.668. The molecular weight excluding hydrogens is 270 g/mol. The van der Waals surface area contributed by atoms with Crippen molar-refractivity contribution in [1.29, 1.82) is 0 Å². The van der Waals surface area contributed by atoms with Crippen LogP contribution in [0.25, 0.3) is 0 Å². The number of anilines is 1. The molecule has 2 saturated heterocycles. The normalized spacial score (nSPS) is 25.2. The monoisotopic (exact) mass is 287 g/mol. The van der Waals surface area contributed by atoms with Crippen LogP contribution >= 0.6 is 0 Å². The first-order valence-corrected chi connectivity index (χ1v) is 6.99. The number of non-ortho nitro benzene ring substituents is 1. The van der Waals surface area contributed by atoms with E-state index in [1.165, 1.54) is 12.1 Å². The Morgan fingerprint density at radius 2 is 2.00 bits per heavy atom. The maximum Gasteiger partial charge on any atom is 0.269 e. The summed E-state index contributed by atoms with van der Waals surface area (Å²) in [5.41, 5.74) is 1.46. The molecule has 1 spiro atoms. The number of nitrogens with one attached hydrogen (secondary N) is 1. The van der Waals surface area contributed by atoms with E-state index in [4.69, 9.17) is 0 Å². The molecule has 21 heavy (non-hydrogen) atoms. The Labute approximate surface area is 122 Å². The van der Waals surface area contributed by atoms with E-state index in [0.29, 0.717) is 6.54 Å². The summed E-state index contributed by atoms with van der Waals surface area (Å²) in [7, 11) is 0. The molecule has 2 fully saturated rings. The maximum atomic E-state index is 12.3. The van der Waals surface area contributed by atoms with Gasteiger partial charge >= 0.3 is 0 Å². The van der Waals surface area contributed by atoms with Gasteiger partial charge < -0.3 is 10.2 Å². The average Bonchev–Trinajstić information content (AvgIpc) is 2.89. The highest BCUT2D eigenvalue weighted by molar-refractivity contribution is 5.86. The number of hydrogen-bond acceptors (Lipinski definition) is 4. The summed E-state index contributed by atoms with van der Waals surface area (Å²) < 4.78 is 0. The van der Waals surface area contributed by atoms with Gasteiger partial charge in [-0.05, 0) is 31.4 Å². The van der Waals surface area contributed by atoms with Gasteiger partial charge in [-0.15, -0.1) is 0 Å². The standard InChI is InChI=1S/C15H17N3O3/c1-11-6-7-15(14(19)16-11)8-9-17(10-15)12-2-4-13(5-3-12)18(20)21/h2-5H,1,6-10H2,(H,16,19). The first-order chi connectivity index (χ1) is 10.00. The lowest BCUT2D eigenvalue weighted by atomic mass is 9.78. The number of benzene rings is 1. The molecule has 1 amide bonds. The van der Waals surface area contributed by atoms with Crippen molar-refractivity contribution in [1.82, 2.24) is 5.32 Å². The summed E-state index contributed by atoms with van der Waals surface area (Å²) >= 11 is 0. The zero-order chi connectivity index (χ0) is 15.0. The van der Waals surface area contributed by atoms with Gasteiger partial charge in [0.2, 0.25) is 5.91 Å². The summed E-state index contributed by atoms with van der Waals surface area (Å²) in [4.78, 5) is 24.7. The van der Waals surface area contributed by atoms with Gasteiger partial charge in [0.25, 0.3) is 5.69 Å². The van der Waals surface area contributed by atoms with Crippen molar-refractivity contribution in [3.63, 3.8) is 0 Å². The van der Waals surface area contributed by atoms with Crippen molar-refractivity contribution >= 4 is 17.3 Å². The van der Waals surface area contributed by atoms with Crippen molar-refractivity contribution in [3.8, 4) is 0 Å². The third-order valence-corrected chi connectivity index (χ3v) is 4.46. The number of rotatable bonds is 2. The molecular formula is C15H17N3O3. The van der Waals surface area contributed by atoms with Gasteiger partial charge in [-0.3, -0.25) is 14.9 Å². The number of allylic oxidation sites excluding steroid dienone is 1. The van der Waals surface area contributed by atoms with Crippen LogP contribution in [0.1, 0.15) is 19.3 Å². The van der Waals surface area contributed by atoms with E-state index in [9.17, 15) is 14.9 Å². The molecule has 2 aliphatic rings. The number of carbonyl (C=O) groups excluding carboxylic acids is 1. The van der Waals surface area contributed by atoms with Gasteiger partial charge in [-0.1, -0.05) is 6.58 Å². The van der Waals surface area contributed by atoms with Crippen LogP contribution < -0.4 is 10.2 Å². The second-order valence-corrected chi connectivity index (χ2v) is 5.78. The van der Waals surface area contributed by atoms with E-state index >= 15 is 0 Å². The molecule has 1 aromatic rings. The average molecular weight is 287 g/mol. The number of nitrogens with zero attached hydrogens (tertiary/aromatic N) is 2. The van der Waals surface area contributed by atoms with Crippen LogP contribution in [0.3, 0.4) is 0 Å². The predicted molar refractivity (Wildman–Crippen MR) is 78.9 cm³/mol. The van der Waals surface area contributed by atoms with Gasteiger partial charge in [-0.25, -0.2) is 0 Å². The zero-order valence-electron chi connectivity index (χ0n) is 11.7. The highest BCUT2D eigenvalue weighted by atomic mass is 16.6. The van der Waals surface area contributed by atoms with E-state index < -0.39 is 4.92 Å². The minimum atomic E-state index is -0.407. The van der Waals surface area contributed by atoms with Crippen molar-refractivity contribution in [2.75, 3.05) is 18.0 Å². The molecule has 6 heteroatoms. The predicted octanol–water partition coefficient (Wildman–Crippen LogP) is 2.21. The Morgan fingerprint density at radius 3 is 2.62 bits per heavy atom. The van der Waals surface area contributed by atoms with E-state index in [1.54, 1.807) is 12.1 Å². The van der Waals surface area contributed by atoms with Crippen LogP contribution in [0.2, 0.25) is 0 Å². The van der Waals surface area contributed by atoms with Crippen molar-refractivity contribution in [2.24, 2.45) is 5.41 Å². The molecule has 1 N–H and O–H groups in total. The van der Waals surface area contributed by atoms with Gasteiger partial charge in [0.05, 0.1) is 10.3 Å². The molecule has 1 atom stereocenters. The molecule has 0 aliphatic carbocycles. The van der Waals surface area contributed by atoms with E-state index in [2.05, 4.69) is 16.8 Å². The number of nitro groups is 1. The Bertz CT molecular complexity index is 611. The summed E-state index contributed by atoms with van der Waals surface area (Å²) in [5.74, 6) is 0.0585. The Kier molecular flexibility index (Phi) is 3.16. The molecule has 0 aromatic heterocycles. The fraction of sp³-hybridized carbons (Fsp3) is 0.400. The van der Waals surface area contributed by atoms with Crippen LogP contribution in [0.4, 0.5) is 11.4 Å². The zero-order valence-corrected chi connectivity index (χ0v) is 11.7. The second-order valence-electron chi connectivity index (χ2n) is 5.78. The molecule has 2 heterocycles. The lowest BCUT2D eigenvalue weighted by molar-refractivity contribution is -0.384. The molecule has 6 nitrogen and oxygen atoms in total. The lowest BCUT2D eigenvalue weighted by Crippen LogP contribution is -2.46. The van der Waals surface area contributed by atoms with Crippen LogP contribution in [-0.4, -0.2) is 23.9 Å². The maximum absolute atomic E-state index is 12.3. The largest absolute Gasteiger partial charge is 0.370 e. The third-order valence-electron chi connectivity index (χ3n) is 4.46. The summed E-state index contributed by atoms with van der Waals surface area (Å²) in [5, 5.41) is 13.5. The van der Waals surface area contributed by atoms with Crippen LogP contribution in [0.5, 0.6) is 0 Å². The van der Waals surface area contributed by atoms with E-state index in [1.807, 2.05) is 0 Å². The first-order valence-electron chi connectivity index (χ1n) is 6.99. The SMILES string of the molecule is C=C1CCC2(CCN(c3ccc([N+](=O)[O-])cc3)C2)C(=O)N1. The second kappa shape index (κ2) is 4.87. The summed E-state index contributed by atoms with van der Waals surface area (Å²) in [6, 6.07) is 6.50. The molecule has 110 valence electrons. The van der Waals surface area contributed by atoms with Crippen molar-refractivity contribution < 1.29 is 9.72 Å². The fourth-order valence-corrected chi connectivity index (χ4v) is 3.13. The number of piperidine rings is 1. The fourth-order valence-electron chi connectivity index (χ4n) is 3.13. The first kappa shape index (κ1) is 13.6. The number of amides is 1. The Morgan fingerprint density at radius 1 is 1.29 bits per heavy atom. The minimum absolute atomic E-state index is 0.0585. The van der Waals surface area contributed by atoms with Gasteiger partial charge in [0.15, 0.2) is 0 Å². The molecule has 1 unspecified atom stereocenters. The Balaban J connectivity index is 1.76. The minimum Gasteiger partial charge on any atom is -0.370 e. The van der Waals surface area contributed by atoms with Crippen LogP contribution in [-0.2, 0) is 4.79 Å². The van der Waals surface area contributed by atoms with Crippen LogP contribution in [0.15, 0.2) is 36.5 Å². The molecule has 3 rings (SSSR count). The molecule has 0 saturated carbocycles. The molecule has 2 aliphatic heterocycles. The Hall–Kier alpha value is -2.37. The van der Waals surface area contributed by atoms with Crippen molar-refractivity contribution in [2.45, 2.75) is 19.3 Å². The number of hydrogen-bond donors (Lipinski definition) is 1. The van der Waals surface area contributed by atoms with Crippen molar-refractivity contribution in [3.05, 3.63) is 46.7 Å². The highest BCUT2D eigenvalue weighted by Crippen LogP contribution is 2.40. The molecule has 0 radical (unpaired) electrons. The number of nitro benzene ring substituents is 1. The topological polar surface area (TPSA) is 75.5 Å². The van der Waals surface area contributed by atoms with E-state index in [-0.39, 0.29) is 17.0 Å². The highest BCUT2D eigenvalue weighted by Gasteiger charge is 2.46. The molecule has 1 aromatic carbocycles.